The fourth-order valence-corrected chi connectivity index (χ4v) is 2.63. The Morgan fingerprint density at radius 3 is 2.94 bits per heavy atom. The maximum absolute atomic E-state index is 11.0. The molecule has 0 amide bonds. The average molecular weight is 247 g/mol. The highest BCUT2D eigenvalue weighted by Crippen LogP contribution is 2.34. The zero-order chi connectivity index (χ0) is 12.4. The summed E-state index contributed by atoms with van der Waals surface area (Å²) in [4.78, 5) is 16.2. The van der Waals surface area contributed by atoms with Crippen LogP contribution in [0.3, 0.4) is 0 Å². The average Bonchev–Trinajstić information content (AvgIpc) is 2.29. The lowest BCUT2D eigenvalue weighted by atomic mass is 10.1. The Morgan fingerprint density at radius 1 is 1.53 bits per heavy atom. The van der Waals surface area contributed by atoms with E-state index in [0.717, 1.165) is 10.5 Å². The van der Waals surface area contributed by atoms with Crippen molar-refractivity contribution in [3.63, 3.8) is 0 Å². The third-order valence-electron chi connectivity index (χ3n) is 2.59. The molecule has 1 aliphatic rings. The van der Waals surface area contributed by atoms with E-state index in [4.69, 9.17) is 5.11 Å². The van der Waals surface area contributed by atoms with Crippen LogP contribution in [0, 0.1) is 12.8 Å². The molecule has 0 fully saturated rings. The maximum Gasteiger partial charge on any atom is 0.337 e. The third kappa shape index (κ3) is 2.58. The second-order valence-corrected chi connectivity index (χ2v) is 4.95. The number of hydrogen-bond acceptors (Lipinski definition) is 3. The predicted octanol–water partition coefficient (Wildman–Crippen LogP) is 3.33. The van der Waals surface area contributed by atoms with Crippen molar-refractivity contribution in [2.75, 3.05) is 0 Å². The number of aromatic carboxylic acids is 1. The predicted molar refractivity (Wildman–Crippen MR) is 69.8 cm³/mol. The number of carboxylic acid groups (broad SMARTS) is 1. The van der Waals surface area contributed by atoms with Crippen LogP contribution >= 0.6 is 11.8 Å². The minimum Gasteiger partial charge on any atom is -0.478 e. The van der Waals surface area contributed by atoms with E-state index < -0.39 is 5.97 Å². The van der Waals surface area contributed by atoms with Gasteiger partial charge in [0.25, 0.3) is 0 Å². The van der Waals surface area contributed by atoms with E-state index in [0.29, 0.717) is 11.6 Å². The first-order valence-corrected chi connectivity index (χ1v) is 6.21. The number of carboxylic acids is 1. The molecule has 1 atom stereocenters. The van der Waals surface area contributed by atoms with Crippen molar-refractivity contribution in [3.8, 4) is 0 Å². The van der Waals surface area contributed by atoms with Crippen LogP contribution in [-0.2, 0) is 0 Å². The highest BCUT2D eigenvalue weighted by molar-refractivity contribution is 8.11. The fraction of sp³-hybridized carbons (Fsp3) is 0.231. The number of allylic oxidation sites excluding steroid dienone is 2. The van der Waals surface area contributed by atoms with Crippen LogP contribution in [0.1, 0.15) is 28.5 Å². The molecule has 0 bridgehead atoms. The molecule has 0 aromatic carbocycles. The van der Waals surface area contributed by atoms with Crippen molar-refractivity contribution in [2.24, 2.45) is 5.92 Å². The first-order valence-electron chi connectivity index (χ1n) is 5.33. The fourth-order valence-electron chi connectivity index (χ4n) is 1.62. The number of aryl methyl sites for hydroxylation is 1. The lowest BCUT2D eigenvalue weighted by molar-refractivity contribution is 0.0695. The van der Waals surface area contributed by atoms with E-state index in [1.807, 2.05) is 5.41 Å². The van der Waals surface area contributed by atoms with Gasteiger partial charge in [0.1, 0.15) is 0 Å². The number of thioether (sulfide) groups is 1. The van der Waals surface area contributed by atoms with Gasteiger partial charge in [-0.05, 0) is 24.3 Å². The molecule has 1 aliphatic heterocycles. The normalized spacial score (nSPS) is 18.9. The number of aromatic nitrogens is 1. The molecule has 0 saturated carbocycles. The molecule has 17 heavy (non-hydrogen) atoms. The first kappa shape index (κ1) is 11.9. The summed E-state index contributed by atoms with van der Waals surface area (Å²) in [6.45, 7) is 3.80. The molecule has 0 radical (unpaired) electrons. The summed E-state index contributed by atoms with van der Waals surface area (Å²) in [6.07, 6.45) is 5.95. The standard InChI is InChI=1S/C13H13NO2S/c1-8-3-4-17-12(5-8)10-6-11(13(15)16)9(2)14-7-10/h3-8H,1-2H3,(H,15,16). The molecule has 0 spiro atoms. The summed E-state index contributed by atoms with van der Waals surface area (Å²) in [5, 5.41) is 11.1. The van der Waals surface area contributed by atoms with E-state index in [9.17, 15) is 4.79 Å². The van der Waals surface area contributed by atoms with Gasteiger partial charge in [-0.2, -0.15) is 0 Å². The number of hydrogen-bond donors (Lipinski definition) is 1. The van der Waals surface area contributed by atoms with Gasteiger partial charge < -0.3 is 5.11 Å². The second-order valence-electron chi connectivity index (χ2n) is 4.00. The largest absolute Gasteiger partial charge is 0.478 e. The Bertz CT molecular complexity index is 520. The topological polar surface area (TPSA) is 50.2 Å². The van der Waals surface area contributed by atoms with Crippen LogP contribution in [0.5, 0.6) is 0 Å². The Labute approximate surface area is 104 Å². The van der Waals surface area contributed by atoms with E-state index in [1.165, 1.54) is 0 Å². The molecule has 88 valence electrons. The summed E-state index contributed by atoms with van der Waals surface area (Å²) in [6, 6.07) is 1.69. The summed E-state index contributed by atoms with van der Waals surface area (Å²) in [5.74, 6) is -0.553. The van der Waals surface area contributed by atoms with Gasteiger partial charge in [-0.15, -0.1) is 0 Å². The van der Waals surface area contributed by atoms with Crippen LogP contribution < -0.4 is 0 Å². The summed E-state index contributed by atoms with van der Waals surface area (Å²) in [5.41, 5.74) is 1.69. The van der Waals surface area contributed by atoms with Gasteiger partial charge >= 0.3 is 5.97 Å². The van der Waals surface area contributed by atoms with Gasteiger partial charge in [0.15, 0.2) is 0 Å². The van der Waals surface area contributed by atoms with Gasteiger partial charge in [0, 0.05) is 16.7 Å². The zero-order valence-corrected chi connectivity index (χ0v) is 10.5. The third-order valence-corrected chi connectivity index (χ3v) is 3.51. The number of pyridine rings is 1. The molecule has 4 heteroatoms. The van der Waals surface area contributed by atoms with Crippen LogP contribution in [0.15, 0.2) is 29.8 Å². The van der Waals surface area contributed by atoms with Gasteiger partial charge in [0.05, 0.1) is 11.3 Å². The molecular formula is C13H13NO2S. The van der Waals surface area contributed by atoms with E-state index >= 15 is 0 Å². The van der Waals surface area contributed by atoms with E-state index in [2.05, 4.69) is 24.1 Å². The quantitative estimate of drug-likeness (QED) is 0.871. The van der Waals surface area contributed by atoms with Crippen molar-refractivity contribution in [3.05, 3.63) is 46.6 Å². The molecule has 3 nitrogen and oxygen atoms in total. The van der Waals surface area contributed by atoms with Crippen LogP contribution in [0.25, 0.3) is 4.91 Å². The maximum atomic E-state index is 11.0. The minimum absolute atomic E-state index is 0.270. The van der Waals surface area contributed by atoms with Crippen LogP contribution in [-0.4, -0.2) is 16.1 Å². The molecule has 1 aromatic heterocycles. The Hall–Kier alpha value is -1.55. The van der Waals surface area contributed by atoms with Crippen LogP contribution in [0.2, 0.25) is 0 Å². The van der Waals surface area contributed by atoms with E-state index in [1.54, 1.807) is 30.9 Å². The molecule has 1 aromatic rings. The number of rotatable bonds is 2. The van der Waals surface area contributed by atoms with Crippen molar-refractivity contribution < 1.29 is 9.90 Å². The van der Waals surface area contributed by atoms with Crippen molar-refractivity contribution in [2.45, 2.75) is 13.8 Å². The van der Waals surface area contributed by atoms with Crippen molar-refractivity contribution in [1.82, 2.24) is 4.98 Å². The summed E-state index contributed by atoms with van der Waals surface area (Å²) in [7, 11) is 0. The van der Waals surface area contributed by atoms with Crippen molar-refractivity contribution in [1.29, 1.82) is 0 Å². The lowest BCUT2D eigenvalue weighted by Gasteiger charge is -2.12. The Balaban J connectivity index is 2.40. The molecule has 0 aliphatic carbocycles. The molecule has 1 unspecified atom stereocenters. The summed E-state index contributed by atoms with van der Waals surface area (Å²) < 4.78 is 0. The van der Waals surface area contributed by atoms with Gasteiger partial charge in [-0.1, -0.05) is 30.8 Å². The van der Waals surface area contributed by atoms with Crippen LogP contribution in [0.4, 0.5) is 0 Å². The monoisotopic (exact) mass is 247 g/mol. The van der Waals surface area contributed by atoms with Crippen molar-refractivity contribution >= 4 is 22.6 Å². The zero-order valence-electron chi connectivity index (χ0n) is 9.68. The molecule has 2 rings (SSSR count). The van der Waals surface area contributed by atoms with Gasteiger partial charge in [-0.25, -0.2) is 4.79 Å². The highest BCUT2D eigenvalue weighted by Gasteiger charge is 2.13. The van der Waals surface area contributed by atoms with Gasteiger partial charge in [0.2, 0.25) is 0 Å². The van der Waals surface area contributed by atoms with E-state index in [-0.39, 0.29) is 5.56 Å². The Morgan fingerprint density at radius 2 is 2.29 bits per heavy atom. The van der Waals surface area contributed by atoms with Gasteiger partial charge in [-0.3, -0.25) is 4.98 Å². The first-order chi connectivity index (χ1) is 8.08. The second kappa shape index (κ2) is 4.75. The highest BCUT2D eigenvalue weighted by atomic mass is 32.2. The molecule has 0 saturated heterocycles. The lowest BCUT2D eigenvalue weighted by Crippen LogP contribution is -2.03. The number of nitrogens with zero attached hydrogens (tertiary/aromatic N) is 1. The smallest absolute Gasteiger partial charge is 0.337 e. The number of carbonyl (C=O) groups is 1. The Kier molecular flexibility index (Phi) is 3.33. The molecule has 1 N–H and O–H groups in total. The minimum atomic E-state index is -0.929. The molecular weight excluding hydrogens is 234 g/mol. The SMILES string of the molecule is Cc1ncc(C2=CC(C)C=CS2)cc1C(=O)O. The molecule has 2 heterocycles. The summed E-state index contributed by atoms with van der Waals surface area (Å²) >= 11 is 1.59.